The molecule has 1 aliphatic carbocycles. The third-order valence-corrected chi connectivity index (χ3v) is 5.92. The fraction of sp³-hybridized carbons (Fsp3) is 0.391. The molecule has 8 heteroatoms. The Morgan fingerprint density at radius 2 is 1.81 bits per heavy atom. The second-order valence-corrected chi connectivity index (χ2v) is 8.31. The minimum Gasteiger partial charge on any atom is -0.352 e. The predicted molar refractivity (Wildman–Crippen MR) is 119 cm³/mol. The van der Waals surface area contributed by atoms with Gasteiger partial charge in [-0.05, 0) is 37.5 Å². The number of carbonyl (C=O) groups is 2. The molecular formula is C23H26ClN3O4. The lowest BCUT2D eigenvalue weighted by Gasteiger charge is -2.30. The van der Waals surface area contributed by atoms with Crippen molar-refractivity contribution in [3.63, 3.8) is 0 Å². The number of hydrogen-bond acceptors (Lipinski definition) is 4. The summed E-state index contributed by atoms with van der Waals surface area (Å²) in [6, 6.07) is 12.6. The van der Waals surface area contributed by atoms with Crippen LogP contribution >= 0.6 is 11.6 Å². The van der Waals surface area contributed by atoms with Gasteiger partial charge in [-0.2, -0.15) is 0 Å². The van der Waals surface area contributed by atoms with E-state index in [0.29, 0.717) is 10.6 Å². The Kier molecular flexibility index (Phi) is 7.63. The maximum absolute atomic E-state index is 13.2. The fourth-order valence-electron chi connectivity index (χ4n) is 3.86. The van der Waals surface area contributed by atoms with Crippen LogP contribution in [0.2, 0.25) is 5.02 Å². The highest BCUT2D eigenvalue weighted by atomic mass is 35.5. The lowest BCUT2D eigenvalue weighted by molar-refractivity contribution is -0.385. The number of rotatable bonds is 8. The van der Waals surface area contributed by atoms with Gasteiger partial charge in [-0.25, -0.2) is 0 Å². The molecule has 1 fully saturated rings. The number of nitro benzene ring substituents is 1. The Balaban J connectivity index is 1.81. The average molecular weight is 444 g/mol. The summed E-state index contributed by atoms with van der Waals surface area (Å²) in [4.78, 5) is 38.4. The number of nitrogens with one attached hydrogen (secondary N) is 1. The fourth-order valence-corrected chi connectivity index (χ4v) is 3.99. The number of benzene rings is 2. The number of carbonyl (C=O) groups excluding carboxylic acids is 2. The normalized spacial score (nSPS) is 14.8. The van der Waals surface area contributed by atoms with E-state index >= 15 is 0 Å². The molecule has 0 unspecified atom stereocenters. The van der Waals surface area contributed by atoms with Crippen molar-refractivity contribution in [3.8, 4) is 0 Å². The largest absolute Gasteiger partial charge is 0.352 e. The molecular weight excluding hydrogens is 418 g/mol. The number of hydrogen-bond donors (Lipinski definition) is 1. The number of halogens is 1. The maximum Gasteiger partial charge on any atom is 0.273 e. The van der Waals surface area contributed by atoms with Crippen molar-refractivity contribution < 1.29 is 14.5 Å². The molecule has 0 saturated heterocycles. The zero-order chi connectivity index (χ0) is 22.4. The standard InChI is InChI=1S/C23H26ClN3O4/c1-16(23(29)25-20-7-3-4-8-20)26(15-17-10-12-19(24)13-11-17)22(28)14-18-6-2-5-9-21(18)27(30)31/h2,5-6,9-13,16,20H,3-4,7-8,14-15H2,1H3,(H,25,29)/t16-/m0/s1. The Bertz CT molecular complexity index is 942. The quantitative estimate of drug-likeness (QED) is 0.487. The molecule has 0 radical (unpaired) electrons. The summed E-state index contributed by atoms with van der Waals surface area (Å²) in [5.74, 6) is -0.560. The third kappa shape index (κ3) is 6.04. The second-order valence-electron chi connectivity index (χ2n) is 7.88. The zero-order valence-corrected chi connectivity index (χ0v) is 18.2. The van der Waals surface area contributed by atoms with Gasteiger partial charge in [-0.1, -0.05) is 54.8 Å². The number of amides is 2. The third-order valence-electron chi connectivity index (χ3n) is 5.67. The molecule has 1 N–H and O–H groups in total. The van der Waals surface area contributed by atoms with E-state index in [-0.39, 0.29) is 36.5 Å². The monoisotopic (exact) mass is 443 g/mol. The van der Waals surface area contributed by atoms with Gasteiger partial charge in [0.05, 0.1) is 11.3 Å². The summed E-state index contributed by atoms with van der Waals surface area (Å²) in [5, 5.41) is 15.0. The molecule has 2 aromatic carbocycles. The Morgan fingerprint density at radius 3 is 2.45 bits per heavy atom. The highest BCUT2D eigenvalue weighted by molar-refractivity contribution is 6.30. The lowest BCUT2D eigenvalue weighted by Crippen LogP contribution is -2.50. The SMILES string of the molecule is C[C@@H](C(=O)NC1CCCC1)N(Cc1ccc(Cl)cc1)C(=O)Cc1ccccc1[N+](=O)[O-]. The van der Waals surface area contributed by atoms with E-state index < -0.39 is 11.0 Å². The molecule has 0 aromatic heterocycles. The topological polar surface area (TPSA) is 92.6 Å². The molecule has 0 bridgehead atoms. The number of nitrogens with zero attached hydrogens (tertiary/aromatic N) is 2. The molecule has 2 amide bonds. The van der Waals surface area contributed by atoms with Crippen molar-refractivity contribution in [2.45, 2.75) is 57.7 Å². The van der Waals surface area contributed by atoms with E-state index in [9.17, 15) is 19.7 Å². The number of nitro groups is 1. The molecule has 1 aliphatic rings. The van der Waals surface area contributed by atoms with Crippen molar-refractivity contribution in [1.29, 1.82) is 0 Å². The summed E-state index contributed by atoms with van der Waals surface area (Å²) in [6.45, 7) is 1.90. The van der Waals surface area contributed by atoms with Crippen molar-refractivity contribution in [3.05, 3.63) is 74.8 Å². The summed E-state index contributed by atoms with van der Waals surface area (Å²) in [7, 11) is 0. The predicted octanol–water partition coefficient (Wildman–Crippen LogP) is 4.27. The van der Waals surface area contributed by atoms with Crippen LogP contribution in [0.15, 0.2) is 48.5 Å². The van der Waals surface area contributed by atoms with Crippen LogP contribution in [0.1, 0.15) is 43.7 Å². The van der Waals surface area contributed by atoms with Crippen LogP contribution in [-0.4, -0.2) is 33.7 Å². The first-order valence-electron chi connectivity index (χ1n) is 10.4. The molecule has 7 nitrogen and oxygen atoms in total. The molecule has 0 aliphatic heterocycles. The van der Waals surface area contributed by atoms with Crippen molar-refractivity contribution >= 4 is 29.1 Å². The zero-order valence-electron chi connectivity index (χ0n) is 17.4. The lowest BCUT2D eigenvalue weighted by atomic mass is 10.1. The molecule has 1 atom stereocenters. The molecule has 0 heterocycles. The van der Waals surface area contributed by atoms with Crippen LogP contribution in [0, 0.1) is 10.1 Å². The summed E-state index contributed by atoms with van der Waals surface area (Å²) < 4.78 is 0. The minimum absolute atomic E-state index is 0.106. The van der Waals surface area contributed by atoms with Gasteiger partial charge >= 0.3 is 0 Å². The molecule has 3 rings (SSSR count). The van der Waals surface area contributed by atoms with Gasteiger partial charge in [0.2, 0.25) is 11.8 Å². The summed E-state index contributed by atoms with van der Waals surface area (Å²) in [6.07, 6.45) is 3.90. The van der Waals surface area contributed by atoms with Gasteiger partial charge in [-0.3, -0.25) is 19.7 Å². The first-order chi connectivity index (χ1) is 14.8. The molecule has 1 saturated carbocycles. The van der Waals surface area contributed by atoms with E-state index in [0.717, 1.165) is 31.2 Å². The number of para-hydroxylation sites is 1. The van der Waals surface area contributed by atoms with Crippen LogP contribution in [0.4, 0.5) is 5.69 Å². The highest BCUT2D eigenvalue weighted by Crippen LogP contribution is 2.22. The van der Waals surface area contributed by atoms with Gasteiger partial charge in [0.25, 0.3) is 5.69 Å². The first-order valence-corrected chi connectivity index (χ1v) is 10.8. The van der Waals surface area contributed by atoms with E-state index in [1.165, 1.54) is 11.0 Å². The molecule has 31 heavy (non-hydrogen) atoms. The molecule has 164 valence electrons. The Morgan fingerprint density at radius 1 is 1.16 bits per heavy atom. The van der Waals surface area contributed by atoms with Crippen molar-refractivity contribution in [2.24, 2.45) is 0 Å². The maximum atomic E-state index is 13.2. The van der Waals surface area contributed by atoms with Crippen LogP contribution in [0.5, 0.6) is 0 Å². The van der Waals surface area contributed by atoms with Crippen LogP contribution < -0.4 is 5.32 Å². The van der Waals surface area contributed by atoms with Crippen molar-refractivity contribution in [1.82, 2.24) is 10.2 Å². The minimum atomic E-state index is -0.716. The highest BCUT2D eigenvalue weighted by Gasteiger charge is 2.29. The Labute approximate surface area is 186 Å². The average Bonchev–Trinajstić information content (AvgIpc) is 3.26. The molecule has 2 aromatic rings. The van der Waals surface area contributed by atoms with Gasteiger partial charge in [-0.15, -0.1) is 0 Å². The van der Waals surface area contributed by atoms with Gasteiger partial charge in [0.1, 0.15) is 6.04 Å². The van der Waals surface area contributed by atoms with Crippen LogP contribution in [-0.2, 0) is 22.6 Å². The van der Waals surface area contributed by atoms with Crippen LogP contribution in [0.3, 0.4) is 0 Å². The van der Waals surface area contributed by atoms with Crippen LogP contribution in [0.25, 0.3) is 0 Å². The summed E-state index contributed by atoms with van der Waals surface area (Å²) >= 11 is 5.96. The van der Waals surface area contributed by atoms with E-state index in [1.54, 1.807) is 49.4 Å². The second kappa shape index (κ2) is 10.4. The van der Waals surface area contributed by atoms with E-state index in [4.69, 9.17) is 11.6 Å². The smallest absolute Gasteiger partial charge is 0.273 e. The molecule has 0 spiro atoms. The Hall–Kier alpha value is -2.93. The van der Waals surface area contributed by atoms with E-state index in [2.05, 4.69) is 5.32 Å². The first kappa shape index (κ1) is 22.7. The van der Waals surface area contributed by atoms with Crippen molar-refractivity contribution in [2.75, 3.05) is 0 Å². The van der Waals surface area contributed by atoms with Gasteiger partial charge in [0, 0.05) is 29.2 Å². The van der Waals surface area contributed by atoms with Gasteiger partial charge < -0.3 is 10.2 Å². The van der Waals surface area contributed by atoms with E-state index in [1.807, 2.05) is 0 Å². The summed E-state index contributed by atoms with van der Waals surface area (Å²) in [5.41, 5.74) is 1.04. The van der Waals surface area contributed by atoms with Gasteiger partial charge in [0.15, 0.2) is 0 Å².